The third-order valence-corrected chi connectivity index (χ3v) is 4.14. The van der Waals surface area contributed by atoms with Crippen molar-refractivity contribution in [3.8, 4) is 0 Å². The number of hydrogen-bond acceptors (Lipinski definition) is 2. The number of fused-ring (bicyclic) bond motifs is 1. The molecule has 1 aromatic carbocycles. The van der Waals surface area contributed by atoms with Crippen molar-refractivity contribution in [3.05, 3.63) is 29.0 Å². The maximum Gasteiger partial charge on any atom is 0.242 e. The maximum absolute atomic E-state index is 12.3. The molecule has 0 unspecified atom stereocenters. The zero-order valence-electron chi connectivity index (χ0n) is 11.0. The van der Waals surface area contributed by atoms with E-state index < -0.39 is 0 Å². The Morgan fingerprint density at radius 2 is 2.05 bits per heavy atom. The normalized spacial score (nSPS) is 15.2. The molecule has 3 rings (SSSR count). The molecule has 0 saturated carbocycles. The van der Waals surface area contributed by atoms with Crippen LogP contribution in [0, 0.1) is 0 Å². The van der Waals surface area contributed by atoms with Gasteiger partial charge >= 0.3 is 0 Å². The van der Waals surface area contributed by atoms with Crippen LogP contribution in [0.1, 0.15) is 18.7 Å². The molecular formula is C14H15Cl2N3O. The third-order valence-electron chi connectivity index (χ3n) is 3.66. The second kappa shape index (κ2) is 5.62. The number of imidazole rings is 1. The Morgan fingerprint density at radius 3 is 2.75 bits per heavy atom. The van der Waals surface area contributed by atoms with Crippen LogP contribution in [0.15, 0.2) is 18.2 Å². The van der Waals surface area contributed by atoms with Gasteiger partial charge in [-0.15, -0.1) is 11.6 Å². The molecule has 1 fully saturated rings. The summed E-state index contributed by atoms with van der Waals surface area (Å²) in [6.45, 7) is 1.98. The van der Waals surface area contributed by atoms with Crippen LogP contribution in [0.4, 0.5) is 0 Å². The highest BCUT2D eigenvalue weighted by Crippen LogP contribution is 2.22. The Morgan fingerprint density at radius 1 is 1.30 bits per heavy atom. The Kier molecular flexibility index (Phi) is 3.85. The fourth-order valence-corrected chi connectivity index (χ4v) is 3.00. The summed E-state index contributed by atoms with van der Waals surface area (Å²) in [7, 11) is 0. The monoisotopic (exact) mass is 311 g/mol. The number of halogens is 2. The number of likely N-dealkylation sites (tertiary alicyclic amines) is 1. The first-order valence-corrected chi connectivity index (χ1v) is 7.58. The molecule has 4 nitrogen and oxygen atoms in total. The topological polar surface area (TPSA) is 38.1 Å². The Hall–Kier alpha value is -1.26. The lowest BCUT2D eigenvalue weighted by Gasteiger charge is -2.16. The molecule has 2 aromatic rings. The lowest BCUT2D eigenvalue weighted by molar-refractivity contribution is -0.130. The van der Waals surface area contributed by atoms with Gasteiger partial charge in [-0.05, 0) is 31.0 Å². The summed E-state index contributed by atoms with van der Waals surface area (Å²) in [5, 5.41) is 0.633. The van der Waals surface area contributed by atoms with Gasteiger partial charge in [-0.1, -0.05) is 11.6 Å². The van der Waals surface area contributed by atoms with E-state index in [1.807, 2.05) is 21.6 Å². The Bertz CT molecular complexity index is 647. The summed E-state index contributed by atoms with van der Waals surface area (Å²) < 4.78 is 1.87. The van der Waals surface area contributed by atoms with E-state index >= 15 is 0 Å². The minimum Gasteiger partial charge on any atom is -0.341 e. The van der Waals surface area contributed by atoms with Gasteiger partial charge in [0.25, 0.3) is 0 Å². The van der Waals surface area contributed by atoms with Gasteiger partial charge in [0.2, 0.25) is 5.91 Å². The van der Waals surface area contributed by atoms with E-state index in [0.29, 0.717) is 10.8 Å². The molecule has 1 aliphatic rings. The number of benzene rings is 1. The first kappa shape index (κ1) is 13.7. The number of aromatic nitrogens is 2. The number of rotatable bonds is 3. The molecule has 0 atom stereocenters. The van der Waals surface area contributed by atoms with E-state index in [1.54, 1.807) is 6.07 Å². The van der Waals surface area contributed by atoms with Crippen molar-refractivity contribution in [2.45, 2.75) is 25.3 Å². The first-order chi connectivity index (χ1) is 9.69. The van der Waals surface area contributed by atoms with Gasteiger partial charge in [-0.25, -0.2) is 4.98 Å². The molecule has 1 amide bonds. The van der Waals surface area contributed by atoms with E-state index in [2.05, 4.69) is 4.98 Å². The molecule has 1 aromatic heterocycles. The summed E-state index contributed by atoms with van der Waals surface area (Å²) in [4.78, 5) is 18.7. The number of carbonyl (C=O) groups is 1. The lowest BCUT2D eigenvalue weighted by Crippen LogP contribution is -2.31. The highest BCUT2D eigenvalue weighted by atomic mass is 35.5. The summed E-state index contributed by atoms with van der Waals surface area (Å²) in [5.41, 5.74) is 1.68. The number of carbonyl (C=O) groups excluding carboxylic acids is 1. The average molecular weight is 312 g/mol. The summed E-state index contributed by atoms with van der Waals surface area (Å²) in [6, 6.07) is 5.48. The van der Waals surface area contributed by atoms with Crippen molar-refractivity contribution < 1.29 is 4.79 Å². The molecule has 2 heterocycles. The zero-order chi connectivity index (χ0) is 14.1. The van der Waals surface area contributed by atoms with Crippen LogP contribution < -0.4 is 0 Å². The highest BCUT2D eigenvalue weighted by Gasteiger charge is 2.20. The van der Waals surface area contributed by atoms with Crippen molar-refractivity contribution >= 4 is 40.1 Å². The van der Waals surface area contributed by atoms with Crippen LogP contribution in [-0.2, 0) is 17.2 Å². The summed E-state index contributed by atoms with van der Waals surface area (Å²) in [6.07, 6.45) is 2.18. The number of amides is 1. The third kappa shape index (κ3) is 2.50. The van der Waals surface area contributed by atoms with Gasteiger partial charge in [0.1, 0.15) is 12.4 Å². The predicted octanol–water partition coefficient (Wildman–Crippen LogP) is 3.05. The van der Waals surface area contributed by atoms with E-state index in [4.69, 9.17) is 23.2 Å². The van der Waals surface area contributed by atoms with Crippen LogP contribution in [-0.4, -0.2) is 33.4 Å². The second-order valence-corrected chi connectivity index (χ2v) is 5.67. The molecule has 20 heavy (non-hydrogen) atoms. The van der Waals surface area contributed by atoms with Gasteiger partial charge in [0.15, 0.2) is 0 Å². The van der Waals surface area contributed by atoms with E-state index in [-0.39, 0.29) is 18.3 Å². The minimum absolute atomic E-state index is 0.119. The fraction of sp³-hybridized carbons (Fsp3) is 0.429. The average Bonchev–Trinajstić information content (AvgIpc) is 3.07. The molecule has 106 valence electrons. The Balaban J connectivity index is 1.96. The van der Waals surface area contributed by atoms with E-state index in [0.717, 1.165) is 37.0 Å². The Labute approximate surface area is 127 Å². The lowest BCUT2D eigenvalue weighted by atomic mass is 10.3. The van der Waals surface area contributed by atoms with Crippen molar-refractivity contribution in [3.63, 3.8) is 0 Å². The number of nitrogens with zero attached hydrogens (tertiary/aromatic N) is 3. The second-order valence-electron chi connectivity index (χ2n) is 4.97. The van der Waals surface area contributed by atoms with Crippen LogP contribution in [0.2, 0.25) is 5.02 Å². The zero-order valence-corrected chi connectivity index (χ0v) is 12.5. The SMILES string of the molecule is O=C(Cn1c(CCl)nc2ccc(Cl)cc21)N1CCCC1. The molecule has 0 aliphatic carbocycles. The van der Waals surface area contributed by atoms with Gasteiger partial charge in [0, 0.05) is 18.1 Å². The molecule has 0 N–H and O–H groups in total. The molecule has 0 radical (unpaired) electrons. The quantitative estimate of drug-likeness (QED) is 0.817. The van der Waals surface area contributed by atoms with Gasteiger partial charge in [-0.2, -0.15) is 0 Å². The highest BCUT2D eigenvalue weighted by molar-refractivity contribution is 6.31. The van der Waals surface area contributed by atoms with Gasteiger partial charge < -0.3 is 9.47 Å². The van der Waals surface area contributed by atoms with E-state index in [9.17, 15) is 4.79 Å². The first-order valence-electron chi connectivity index (χ1n) is 6.67. The molecule has 0 spiro atoms. The van der Waals surface area contributed by atoms with Crippen LogP contribution in [0.5, 0.6) is 0 Å². The van der Waals surface area contributed by atoms with Crippen molar-refractivity contribution in [2.75, 3.05) is 13.1 Å². The molecule has 1 aliphatic heterocycles. The summed E-state index contributed by atoms with van der Waals surface area (Å²) in [5.74, 6) is 1.10. The van der Waals surface area contributed by atoms with Crippen molar-refractivity contribution in [1.82, 2.24) is 14.5 Å². The number of alkyl halides is 1. The molecule has 1 saturated heterocycles. The van der Waals surface area contributed by atoms with E-state index in [1.165, 1.54) is 0 Å². The maximum atomic E-state index is 12.3. The van der Waals surface area contributed by atoms with Gasteiger partial charge in [0.05, 0.1) is 16.9 Å². The predicted molar refractivity (Wildman–Crippen MR) is 80.1 cm³/mol. The molecular weight excluding hydrogens is 297 g/mol. The molecule has 6 heteroatoms. The minimum atomic E-state index is 0.119. The fourth-order valence-electron chi connectivity index (χ4n) is 2.63. The number of hydrogen-bond donors (Lipinski definition) is 0. The van der Waals surface area contributed by atoms with Crippen LogP contribution >= 0.6 is 23.2 Å². The van der Waals surface area contributed by atoms with Crippen molar-refractivity contribution in [2.24, 2.45) is 0 Å². The largest absolute Gasteiger partial charge is 0.341 e. The van der Waals surface area contributed by atoms with Crippen LogP contribution in [0.3, 0.4) is 0 Å². The standard InChI is InChI=1S/C14H15Cl2N3O/c15-8-13-17-11-4-3-10(16)7-12(11)19(13)9-14(20)18-5-1-2-6-18/h3-4,7H,1-2,5-6,8-9H2. The van der Waals surface area contributed by atoms with Gasteiger partial charge in [-0.3, -0.25) is 4.79 Å². The molecule has 0 bridgehead atoms. The van der Waals surface area contributed by atoms with Crippen molar-refractivity contribution in [1.29, 1.82) is 0 Å². The summed E-state index contributed by atoms with van der Waals surface area (Å²) >= 11 is 12.0. The smallest absolute Gasteiger partial charge is 0.242 e. The van der Waals surface area contributed by atoms with Crippen LogP contribution in [0.25, 0.3) is 11.0 Å².